The van der Waals surface area contributed by atoms with E-state index < -0.39 is 6.10 Å². The first-order valence-electron chi connectivity index (χ1n) is 7.02. The Kier molecular flexibility index (Phi) is 4.34. The van der Waals surface area contributed by atoms with Crippen molar-refractivity contribution in [3.05, 3.63) is 70.6 Å². The molecule has 1 aromatic heterocycles. The monoisotopic (exact) mass is 298 g/mol. The molecule has 0 aliphatic carbocycles. The van der Waals surface area contributed by atoms with E-state index in [4.69, 9.17) is 4.74 Å². The number of benzene rings is 2. The lowest BCUT2D eigenvalue weighted by Crippen LogP contribution is -1.98. The Bertz CT molecular complexity index is 682. The highest BCUT2D eigenvalue weighted by Gasteiger charge is 2.13. The Morgan fingerprint density at radius 2 is 1.86 bits per heavy atom. The third kappa shape index (κ3) is 3.16. The normalized spacial score (nSPS) is 12.7. The molecule has 0 aliphatic rings. The van der Waals surface area contributed by atoms with Crippen molar-refractivity contribution in [1.82, 2.24) is 0 Å². The predicted molar refractivity (Wildman–Crippen MR) is 87.9 cm³/mol. The van der Waals surface area contributed by atoms with Crippen LogP contribution < -0.4 is 0 Å². The zero-order valence-corrected chi connectivity index (χ0v) is 12.8. The highest BCUT2D eigenvalue weighted by Crippen LogP contribution is 2.33. The van der Waals surface area contributed by atoms with Crippen LogP contribution in [0.3, 0.4) is 0 Å². The molecular formula is C18H18O2S. The van der Waals surface area contributed by atoms with Crippen molar-refractivity contribution in [1.29, 1.82) is 0 Å². The summed E-state index contributed by atoms with van der Waals surface area (Å²) in [6.07, 6.45) is 0.342. The molecule has 2 nitrogen and oxygen atoms in total. The van der Waals surface area contributed by atoms with Crippen molar-refractivity contribution in [2.75, 3.05) is 13.7 Å². The van der Waals surface area contributed by atoms with Gasteiger partial charge < -0.3 is 9.84 Å². The van der Waals surface area contributed by atoms with Crippen molar-refractivity contribution in [2.45, 2.75) is 12.5 Å². The lowest BCUT2D eigenvalue weighted by molar-refractivity contribution is 0.202. The number of aliphatic hydroxyl groups is 1. The van der Waals surface area contributed by atoms with Crippen molar-refractivity contribution >= 4 is 21.4 Å². The van der Waals surface area contributed by atoms with Crippen LogP contribution in [0.5, 0.6) is 0 Å². The molecule has 1 N–H and O–H groups in total. The molecule has 108 valence electrons. The van der Waals surface area contributed by atoms with Gasteiger partial charge in [-0.15, -0.1) is 11.3 Å². The Morgan fingerprint density at radius 1 is 1.10 bits per heavy atom. The first-order chi connectivity index (χ1) is 10.3. The van der Waals surface area contributed by atoms with Crippen LogP contribution in [0, 0.1) is 0 Å². The molecule has 0 aliphatic heterocycles. The number of aliphatic hydroxyl groups excluding tert-OH is 1. The molecule has 3 heteroatoms. The highest BCUT2D eigenvalue weighted by atomic mass is 32.1. The molecule has 0 fully saturated rings. The fourth-order valence-corrected chi connectivity index (χ4v) is 3.47. The minimum Gasteiger partial charge on any atom is -0.384 e. The summed E-state index contributed by atoms with van der Waals surface area (Å²) < 4.78 is 6.29. The number of fused-ring (bicyclic) bond motifs is 1. The summed E-state index contributed by atoms with van der Waals surface area (Å²) in [6, 6.07) is 18.4. The second kappa shape index (κ2) is 6.39. The van der Waals surface area contributed by atoms with Gasteiger partial charge in [0.25, 0.3) is 0 Å². The summed E-state index contributed by atoms with van der Waals surface area (Å²) in [5.74, 6) is 0. The molecule has 3 aromatic rings. The average Bonchev–Trinajstić information content (AvgIpc) is 2.96. The van der Waals surface area contributed by atoms with Crippen LogP contribution >= 0.6 is 11.3 Å². The van der Waals surface area contributed by atoms with E-state index in [1.807, 2.05) is 24.3 Å². The van der Waals surface area contributed by atoms with E-state index in [0.717, 1.165) is 23.5 Å². The fourth-order valence-electron chi connectivity index (χ4n) is 2.39. The van der Waals surface area contributed by atoms with E-state index in [2.05, 4.69) is 30.3 Å². The molecule has 0 saturated heterocycles. The van der Waals surface area contributed by atoms with Gasteiger partial charge in [-0.2, -0.15) is 0 Å². The molecule has 0 saturated carbocycles. The molecule has 0 bridgehead atoms. The standard InChI is InChI=1S/C18H18O2S/c1-20-11-10-13-6-8-14(9-7-13)18(19)17-12-15-4-2-3-5-16(15)21-17/h2-9,12,18-19H,10-11H2,1H3. The van der Waals surface area contributed by atoms with Gasteiger partial charge in [0.05, 0.1) is 6.61 Å². The van der Waals surface area contributed by atoms with Crippen LogP contribution in [-0.2, 0) is 11.2 Å². The summed E-state index contributed by atoms with van der Waals surface area (Å²) in [7, 11) is 1.71. The molecule has 1 unspecified atom stereocenters. The summed E-state index contributed by atoms with van der Waals surface area (Å²) in [4.78, 5) is 0.987. The number of hydrogen-bond donors (Lipinski definition) is 1. The average molecular weight is 298 g/mol. The molecule has 0 spiro atoms. The number of rotatable bonds is 5. The number of thiophene rings is 1. The number of ether oxygens (including phenoxy) is 1. The van der Waals surface area contributed by atoms with Crippen LogP contribution in [0.25, 0.3) is 10.1 Å². The second-order valence-electron chi connectivity index (χ2n) is 5.07. The Hall–Kier alpha value is -1.68. The molecular weight excluding hydrogens is 280 g/mol. The molecule has 3 rings (SSSR count). The second-order valence-corrected chi connectivity index (χ2v) is 6.19. The molecule has 1 heterocycles. The van der Waals surface area contributed by atoms with Gasteiger partial charge in [0, 0.05) is 16.7 Å². The van der Waals surface area contributed by atoms with Crippen LogP contribution in [0.15, 0.2) is 54.6 Å². The summed E-state index contributed by atoms with van der Waals surface area (Å²) in [5, 5.41) is 11.7. The first-order valence-corrected chi connectivity index (χ1v) is 7.84. The SMILES string of the molecule is COCCc1ccc(C(O)c2cc3ccccc3s2)cc1. The largest absolute Gasteiger partial charge is 0.384 e. The highest BCUT2D eigenvalue weighted by molar-refractivity contribution is 7.19. The third-order valence-electron chi connectivity index (χ3n) is 3.60. The van der Waals surface area contributed by atoms with E-state index in [9.17, 15) is 5.11 Å². The predicted octanol–water partition coefficient (Wildman–Crippen LogP) is 4.17. The van der Waals surface area contributed by atoms with Crippen molar-refractivity contribution in [3.63, 3.8) is 0 Å². The number of methoxy groups -OCH3 is 1. The van der Waals surface area contributed by atoms with Gasteiger partial charge in [-0.25, -0.2) is 0 Å². The van der Waals surface area contributed by atoms with Gasteiger partial charge in [-0.3, -0.25) is 0 Å². The van der Waals surface area contributed by atoms with Crippen LogP contribution in [0.1, 0.15) is 22.1 Å². The molecule has 2 aromatic carbocycles. The van der Waals surface area contributed by atoms with Gasteiger partial charge in [-0.05, 0) is 35.1 Å². The lowest BCUT2D eigenvalue weighted by atomic mass is 10.0. The minimum atomic E-state index is -0.557. The van der Waals surface area contributed by atoms with Gasteiger partial charge in [0.1, 0.15) is 6.10 Å². The maximum Gasteiger partial charge on any atom is 0.113 e. The molecule has 1 atom stereocenters. The fraction of sp³-hybridized carbons (Fsp3) is 0.222. The maximum atomic E-state index is 10.5. The smallest absolute Gasteiger partial charge is 0.113 e. The summed E-state index contributed by atoms with van der Waals surface area (Å²) in [6.45, 7) is 0.720. The van der Waals surface area contributed by atoms with Crippen molar-refractivity contribution in [2.24, 2.45) is 0 Å². The summed E-state index contributed by atoms with van der Waals surface area (Å²) >= 11 is 1.65. The molecule has 21 heavy (non-hydrogen) atoms. The van der Waals surface area contributed by atoms with Crippen LogP contribution in [-0.4, -0.2) is 18.8 Å². The lowest BCUT2D eigenvalue weighted by Gasteiger charge is -2.09. The zero-order chi connectivity index (χ0) is 14.7. The Morgan fingerprint density at radius 3 is 2.57 bits per heavy atom. The van der Waals surface area contributed by atoms with Crippen molar-refractivity contribution in [3.8, 4) is 0 Å². The first kappa shape index (κ1) is 14.3. The number of hydrogen-bond acceptors (Lipinski definition) is 3. The van der Waals surface area contributed by atoms with E-state index in [-0.39, 0.29) is 0 Å². The minimum absolute atomic E-state index is 0.557. The van der Waals surface area contributed by atoms with Crippen LogP contribution in [0.2, 0.25) is 0 Å². The van der Waals surface area contributed by atoms with Crippen molar-refractivity contribution < 1.29 is 9.84 Å². The molecule has 0 radical (unpaired) electrons. The Labute approximate surface area is 128 Å². The quantitative estimate of drug-likeness (QED) is 0.766. The maximum absolute atomic E-state index is 10.5. The van der Waals surface area contributed by atoms with E-state index in [1.165, 1.54) is 15.6 Å². The van der Waals surface area contributed by atoms with E-state index in [0.29, 0.717) is 0 Å². The van der Waals surface area contributed by atoms with E-state index in [1.54, 1.807) is 18.4 Å². The summed E-state index contributed by atoms with van der Waals surface area (Å²) in [5.41, 5.74) is 2.16. The van der Waals surface area contributed by atoms with E-state index >= 15 is 0 Å². The van der Waals surface area contributed by atoms with Gasteiger partial charge >= 0.3 is 0 Å². The van der Waals surface area contributed by atoms with Gasteiger partial charge in [-0.1, -0.05) is 42.5 Å². The Balaban J connectivity index is 1.82. The van der Waals surface area contributed by atoms with Gasteiger partial charge in [0.2, 0.25) is 0 Å². The van der Waals surface area contributed by atoms with Gasteiger partial charge in [0.15, 0.2) is 0 Å². The topological polar surface area (TPSA) is 29.5 Å². The molecule has 0 amide bonds. The zero-order valence-electron chi connectivity index (χ0n) is 12.0. The van der Waals surface area contributed by atoms with Crippen LogP contribution in [0.4, 0.5) is 0 Å². The third-order valence-corrected chi connectivity index (χ3v) is 4.77.